The number of carbonyl (C=O) groups is 2. The maximum atomic E-state index is 13.1. The van der Waals surface area contributed by atoms with Crippen LogP contribution >= 0.6 is 0 Å². The van der Waals surface area contributed by atoms with Crippen LogP contribution in [0, 0.1) is 6.92 Å². The Kier molecular flexibility index (Phi) is 6.84. The second kappa shape index (κ2) is 9.95. The summed E-state index contributed by atoms with van der Waals surface area (Å²) in [4.78, 5) is 31.8. The normalized spacial score (nSPS) is 18.0. The average molecular weight is 448 g/mol. The molecule has 172 valence electrons. The summed E-state index contributed by atoms with van der Waals surface area (Å²) in [5.41, 5.74) is 3.04. The first kappa shape index (κ1) is 22.7. The van der Waals surface area contributed by atoms with Gasteiger partial charge in [0.1, 0.15) is 11.5 Å². The van der Waals surface area contributed by atoms with Crippen molar-refractivity contribution in [3.8, 4) is 0 Å². The van der Waals surface area contributed by atoms with Crippen LogP contribution in [-0.4, -0.2) is 50.7 Å². The van der Waals surface area contributed by atoms with Crippen molar-refractivity contribution in [2.24, 2.45) is 7.05 Å². The zero-order chi connectivity index (χ0) is 23.4. The van der Waals surface area contributed by atoms with Crippen LogP contribution in [0.25, 0.3) is 0 Å². The first-order chi connectivity index (χ1) is 16.0. The largest absolute Gasteiger partial charge is 0.373 e. The summed E-state index contributed by atoms with van der Waals surface area (Å²) in [5, 5.41) is 6.98. The number of anilines is 1. The third-order valence-electron chi connectivity index (χ3n) is 6.12. The molecule has 1 aliphatic heterocycles. The van der Waals surface area contributed by atoms with Gasteiger partial charge in [-0.15, -0.1) is 0 Å². The van der Waals surface area contributed by atoms with Crippen molar-refractivity contribution in [2.75, 3.05) is 18.5 Å². The molecule has 2 amide bonds. The number of amides is 2. The van der Waals surface area contributed by atoms with Crippen LogP contribution < -0.4 is 5.32 Å². The zero-order valence-electron chi connectivity index (χ0n) is 19.2. The van der Waals surface area contributed by atoms with Gasteiger partial charge in [-0.25, -0.2) is 4.98 Å². The second-order valence-corrected chi connectivity index (χ2v) is 8.21. The first-order valence-corrected chi connectivity index (χ1v) is 11.2. The van der Waals surface area contributed by atoms with Crippen LogP contribution in [0.15, 0.2) is 54.9 Å². The third kappa shape index (κ3) is 4.96. The molecule has 0 unspecified atom stereocenters. The monoisotopic (exact) mass is 447 g/mol. The fraction of sp³-hybridized carbons (Fsp3) is 0.360. The van der Waals surface area contributed by atoms with Crippen LogP contribution in [0.2, 0.25) is 0 Å². The molecule has 2 aromatic heterocycles. The predicted molar refractivity (Wildman–Crippen MR) is 125 cm³/mol. The SMILES string of the molecule is CCN(C(=O)c1ccnn1C)[C@@H]1CCO[C@H](c2ccc(C(=O)Nc3ncccc3C)cc2)C1. The van der Waals surface area contributed by atoms with E-state index in [-0.39, 0.29) is 24.0 Å². The van der Waals surface area contributed by atoms with E-state index in [1.807, 2.05) is 43.0 Å². The van der Waals surface area contributed by atoms with E-state index in [0.717, 1.165) is 17.5 Å². The summed E-state index contributed by atoms with van der Waals surface area (Å²) in [6, 6.07) is 13.0. The highest BCUT2D eigenvalue weighted by atomic mass is 16.5. The van der Waals surface area contributed by atoms with Crippen LogP contribution in [0.4, 0.5) is 5.82 Å². The molecule has 3 heterocycles. The summed E-state index contributed by atoms with van der Waals surface area (Å²) < 4.78 is 7.64. The Hall–Kier alpha value is -3.52. The molecule has 8 heteroatoms. The van der Waals surface area contributed by atoms with E-state index in [9.17, 15) is 9.59 Å². The van der Waals surface area contributed by atoms with E-state index in [0.29, 0.717) is 36.6 Å². The number of benzene rings is 1. The van der Waals surface area contributed by atoms with Crippen LogP contribution in [0.5, 0.6) is 0 Å². The molecule has 33 heavy (non-hydrogen) atoms. The van der Waals surface area contributed by atoms with Crippen LogP contribution in [0.3, 0.4) is 0 Å². The van der Waals surface area contributed by atoms with Crippen molar-refractivity contribution in [2.45, 2.75) is 38.8 Å². The molecule has 3 aromatic rings. The minimum atomic E-state index is -0.204. The summed E-state index contributed by atoms with van der Waals surface area (Å²) >= 11 is 0. The summed E-state index contributed by atoms with van der Waals surface area (Å²) in [6.07, 6.45) is 4.66. The maximum Gasteiger partial charge on any atom is 0.272 e. The molecular weight excluding hydrogens is 418 g/mol. The number of hydrogen-bond donors (Lipinski definition) is 1. The molecule has 0 radical (unpaired) electrons. The number of hydrogen-bond acceptors (Lipinski definition) is 5. The van der Waals surface area contributed by atoms with Gasteiger partial charge in [0, 0.05) is 44.2 Å². The molecule has 0 spiro atoms. The molecule has 0 aliphatic carbocycles. The molecule has 8 nitrogen and oxygen atoms in total. The highest BCUT2D eigenvalue weighted by molar-refractivity contribution is 6.04. The Labute approximate surface area is 193 Å². The van der Waals surface area contributed by atoms with Gasteiger partial charge in [0.05, 0.1) is 6.10 Å². The molecule has 1 N–H and O–H groups in total. The number of pyridine rings is 1. The zero-order valence-corrected chi connectivity index (χ0v) is 19.2. The molecule has 0 saturated carbocycles. The van der Waals surface area contributed by atoms with E-state index >= 15 is 0 Å². The Balaban J connectivity index is 1.43. The Morgan fingerprint density at radius 2 is 1.97 bits per heavy atom. The average Bonchev–Trinajstić information content (AvgIpc) is 3.27. The number of carbonyl (C=O) groups excluding carboxylic acids is 2. The van der Waals surface area contributed by atoms with Gasteiger partial charge in [0.25, 0.3) is 11.8 Å². The summed E-state index contributed by atoms with van der Waals surface area (Å²) in [5.74, 6) is 0.340. The van der Waals surface area contributed by atoms with E-state index in [2.05, 4.69) is 15.4 Å². The highest BCUT2D eigenvalue weighted by Crippen LogP contribution is 2.31. The van der Waals surface area contributed by atoms with Crippen molar-refractivity contribution >= 4 is 17.6 Å². The number of nitrogens with one attached hydrogen (secondary N) is 1. The smallest absolute Gasteiger partial charge is 0.272 e. The maximum absolute atomic E-state index is 13.1. The van der Waals surface area contributed by atoms with E-state index < -0.39 is 0 Å². The minimum absolute atomic E-state index is 0.0139. The number of aryl methyl sites for hydroxylation is 2. The second-order valence-electron chi connectivity index (χ2n) is 8.21. The van der Waals surface area contributed by atoms with E-state index in [4.69, 9.17) is 4.74 Å². The molecule has 0 bridgehead atoms. The van der Waals surface area contributed by atoms with Crippen LogP contribution in [0.1, 0.15) is 57.8 Å². The van der Waals surface area contributed by atoms with Gasteiger partial charge in [0.15, 0.2) is 0 Å². The lowest BCUT2D eigenvalue weighted by Gasteiger charge is -2.37. The van der Waals surface area contributed by atoms with E-state index in [1.165, 1.54) is 0 Å². The van der Waals surface area contributed by atoms with Gasteiger partial charge in [-0.1, -0.05) is 18.2 Å². The Morgan fingerprint density at radius 3 is 2.64 bits per heavy atom. The molecule has 4 rings (SSSR count). The van der Waals surface area contributed by atoms with Crippen molar-refractivity contribution in [1.29, 1.82) is 0 Å². The molecule has 1 aromatic carbocycles. The van der Waals surface area contributed by atoms with Crippen molar-refractivity contribution in [1.82, 2.24) is 19.7 Å². The van der Waals surface area contributed by atoms with Gasteiger partial charge in [-0.05, 0) is 62.1 Å². The van der Waals surface area contributed by atoms with Gasteiger partial charge >= 0.3 is 0 Å². The highest BCUT2D eigenvalue weighted by Gasteiger charge is 2.31. The Bertz CT molecular complexity index is 1130. The van der Waals surface area contributed by atoms with Gasteiger partial charge < -0.3 is 15.0 Å². The molecule has 2 atom stereocenters. The molecule has 1 aliphatic rings. The molecule has 1 fully saturated rings. The third-order valence-corrected chi connectivity index (χ3v) is 6.12. The summed E-state index contributed by atoms with van der Waals surface area (Å²) in [7, 11) is 1.78. The van der Waals surface area contributed by atoms with Gasteiger partial charge in [-0.2, -0.15) is 5.10 Å². The first-order valence-electron chi connectivity index (χ1n) is 11.2. The number of rotatable bonds is 6. The topological polar surface area (TPSA) is 89.4 Å². The molecule has 1 saturated heterocycles. The van der Waals surface area contributed by atoms with Gasteiger partial charge in [-0.3, -0.25) is 14.3 Å². The van der Waals surface area contributed by atoms with E-state index in [1.54, 1.807) is 42.3 Å². The Morgan fingerprint density at radius 1 is 1.18 bits per heavy atom. The summed E-state index contributed by atoms with van der Waals surface area (Å²) in [6.45, 7) is 5.09. The lowest BCUT2D eigenvalue weighted by molar-refractivity contribution is -0.0233. The number of aromatic nitrogens is 3. The lowest BCUT2D eigenvalue weighted by atomic mass is 9.95. The number of ether oxygens (including phenoxy) is 1. The predicted octanol–water partition coefficient (Wildman–Crippen LogP) is 3.76. The quantitative estimate of drug-likeness (QED) is 0.622. The molecular formula is C25H29N5O3. The fourth-order valence-electron chi connectivity index (χ4n) is 4.24. The van der Waals surface area contributed by atoms with Gasteiger partial charge in [0.2, 0.25) is 0 Å². The van der Waals surface area contributed by atoms with Crippen molar-refractivity contribution in [3.05, 3.63) is 77.2 Å². The fourth-order valence-corrected chi connectivity index (χ4v) is 4.24. The van der Waals surface area contributed by atoms with Crippen molar-refractivity contribution in [3.63, 3.8) is 0 Å². The lowest BCUT2D eigenvalue weighted by Crippen LogP contribution is -2.44. The van der Waals surface area contributed by atoms with Crippen LogP contribution in [-0.2, 0) is 11.8 Å². The minimum Gasteiger partial charge on any atom is -0.373 e. The number of nitrogens with zero attached hydrogens (tertiary/aromatic N) is 4. The standard InChI is InChI=1S/C25H29N5O3/c1-4-30(25(32)21-11-14-27-29(21)3)20-12-15-33-22(16-20)18-7-9-19(10-8-18)24(31)28-23-17(2)6-5-13-26-23/h5-11,13-14,20,22H,4,12,15-16H2,1-3H3,(H,26,28,31)/t20-,22+/m1/s1. The van der Waals surface area contributed by atoms with Crippen molar-refractivity contribution < 1.29 is 14.3 Å².